The van der Waals surface area contributed by atoms with Gasteiger partial charge in [0, 0.05) is 15.0 Å². The molecule has 5 heteroatoms. The van der Waals surface area contributed by atoms with E-state index in [0.717, 1.165) is 27.9 Å². The van der Waals surface area contributed by atoms with Crippen LogP contribution in [0.15, 0.2) is 28.7 Å². The summed E-state index contributed by atoms with van der Waals surface area (Å²) in [7, 11) is 0. The first-order valence-electron chi connectivity index (χ1n) is 6.01. The lowest BCUT2D eigenvalue weighted by atomic mass is 10.2. The minimum absolute atomic E-state index is 0.0476. The van der Waals surface area contributed by atoms with Crippen LogP contribution in [0.4, 0.5) is 5.69 Å². The molecular weight excluding hydrogens is 346 g/mol. The molecule has 1 N–H and O–H groups in total. The molecule has 0 radical (unpaired) electrons. The minimum atomic E-state index is -0.0476. The molecule has 0 unspecified atom stereocenters. The topological polar surface area (TPSA) is 29.1 Å². The van der Waals surface area contributed by atoms with E-state index in [-0.39, 0.29) is 5.91 Å². The van der Waals surface area contributed by atoms with Gasteiger partial charge in [-0.15, -0.1) is 11.3 Å². The number of amides is 1. The van der Waals surface area contributed by atoms with Crippen molar-refractivity contribution in [2.45, 2.75) is 19.3 Å². The number of halogens is 2. The molecule has 0 atom stereocenters. The van der Waals surface area contributed by atoms with E-state index >= 15 is 0 Å². The van der Waals surface area contributed by atoms with Gasteiger partial charge in [-0.1, -0.05) is 11.6 Å². The predicted octanol–water partition coefficient (Wildman–Crippen LogP) is 4.91. The van der Waals surface area contributed by atoms with E-state index in [1.807, 2.05) is 12.1 Å². The number of carbonyl (C=O) groups excluding carboxylic acids is 1. The summed E-state index contributed by atoms with van der Waals surface area (Å²) in [5.41, 5.74) is 2.09. The molecule has 19 heavy (non-hydrogen) atoms. The quantitative estimate of drug-likeness (QED) is 0.814. The van der Waals surface area contributed by atoms with Crippen molar-refractivity contribution >= 4 is 50.5 Å². The van der Waals surface area contributed by atoms with Crippen molar-refractivity contribution in [2.75, 3.05) is 5.32 Å². The van der Waals surface area contributed by atoms with Gasteiger partial charge in [0.25, 0.3) is 5.91 Å². The number of rotatable bonds is 2. The molecule has 98 valence electrons. The third-order valence-corrected chi connectivity index (χ3v) is 5.60. The van der Waals surface area contributed by atoms with Crippen LogP contribution in [0.1, 0.15) is 26.5 Å². The van der Waals surface area contributed by atoms with E-state index in [9.17, 15) is 4.79 Å². The maximum atomic E-state index is 12.2. The van der Waals surface area contributed by atoms with Crippen LogP contribution in [0.2, 0.25) is 5.02 Å². The lowest BCUT2D eigenvalue weighted by molar-refractivity contribution is 0.103. The number of thiophene rings is 1. The highest BCUT2D eigenvalue weighted by molar-refractivity contribution is 9.10. The molecule has 0 aliphatic heterocycles. The summed E-state index contributed by atoms with van der Waals surface area (Å²) < 4.78 is 0.778. The summed E-state index contributed by atoms with van der Waals surface area (Å²) in [5.74, 6) is -0.0476. The summed E-state index contributed by atoms with van der Waals surface area (Å²) in [6, 6.07) is 7.39. The lowest BCUT2D eigenvalue weighted by Crippen LogP contribution is -2.10. The molecule has 1 aromatic heterocycles. The number of hydrogen-bond donors (Lipinski definition) is 1. The molecule has 1 aliphatic carbocycles. The molecule has 0 bridgehead atoms. The Morgan fingerprint density at radius 3 is 2.89 bits per heavy atom. The van der Waals surface area contributed by atoms with Crippen LogP contribution in [-0.4, -0.2) is 5.91 Å². The highest BCUT2D eigenvalue weighted by Gasteiger charge is 2.18. The van der Waals surface area contributed by atoms with Crippen molar-refractivity contribution in [3.8, 4) is 0 Å². The molecule has 0 saturated carbocycles. The smallest absolute Gasteiger partial charge is 0.265 e. The van der Waals surface area contributed by atoms with E-state index in [2.05, 4.69) is 21.2 Å². The van der Waals surface area contributed by atoms with Gasteiger partial charge in [-0.3, -0.25) is 4.79 Å². The van der Waals surface area contributed by atoms with Gasteiger partial charge in [0.15, 0.2) is 0 Å². The van der Waals surface area contributed by atoms with E-state index in [1.165, 1.54) is 16.9 Å². The second-order valence-electron chi connectivity index (χ2n) is 4.50. The Bertz CT molecular complexity index is 631. The van der Waals surface area contributed by atoms with Crippen LogP contribution in [0.5, 0.6) is 0 Å². The molecule has 0 spiro atoms. The number of carbonyl (C=O) groups is 1. The van der Waals surface area contributed by atoms with Crippen LogP contribution in [0.3, 0.4) is 0 Å². The SMILES string of the molecule is O=C(Nc1ccc(Cl)c(Br)c1)c1cc2c(s1)CCC2. The Kier molecular flexibility index (Phi) is 3.65. The fourth-order valence-electron chi connectivity index (χ4n) is 2.21. The average Bonchev–Trinajstić information content (AvgIpc) is 2.94. The van der Waals surface area contributed by atoms with Gasteiger partial charge >= 0.3 is 0 Å². The third-order valence-electron chi connectivity index (χ3n) is 3.15. The molecule has 1 aromatic carbocycles. The number of fused-ring (bicyclic) bond motifs is 1. The van der Waals surface area contributed by atoms with Gasteiger partial charge < -0.3 is 5.32 Å². The van der Waals surface area contributed by atoms with Gasteiger partial charge in [-0.05, 0) is 65.0 Å². The van der Waals surface area contributed by atoms with Crippen molar-refractivity contribution in [1.29, 1.82) is 0 Å². The van der Waals surface area contributed by atoms with Gasteiger partial charge in [0.1, 0.15) is 0 Å². The van der Waals surface area contributed by atoms with Crippen LogP contribution in [-0.2, 0) is 12.8 Å². The Hall–Kier alpha value is -0.840. The number of nitrogens with one attached hydrogen (secondary N) is 1. The maximum absolute atomic E-state index is 12.2. The average molecular weight is 357 g/mol. The molecule has 2 nitrogen and oxygen atoms in total. The largest absolute Gasteiger partial charge is 0.321 e. The van der Waals surface area contributed by atoms with Crippen LogP contribution in [0.25, 0.3) is 0 Å². The van der Waals surface area contributed by atoms with E-state index < -0.39 is 0 Å². The maximum Gasteiger partial charge on any atom is 0.265 e. The summed E-state index contributed by atoms with van der Waals surface area (Å²) in [4.78, 5) is 14.3. The zero-order chi connectivity index (χ0) is 13.4. The normalized spacial score (nSPS) is 13.4. The summed E-state index contributed by atoms with van der Waals surface area (Å²) in [6.07, 6.45) is 3.43. The molecular formula is C14H11BrClNOS. The van der Waals surface area contributed by atoms with Gasteiger partial charge in [0.2, 0.25) is 0 Å². The Morgan fingerprint density at radius 2 is 2.16 bits per heavy atom. The van der Waals surface area contributed by atoms with Crippen LogP contribution < -0.4 is 5.32 Å². The summed E-state index contributed by atoms with van der Waals surface area (Å²) >= 11 is 10.9. The highest BCUT2D eigenvalue weighted by atomic mass is 79.9. The van der Waals surface area contributed by atoms with Crippen LogP contribution >= 0.6 is 38.9 Å². The third kappa shape index (κ3) is 2.71. The summed E-state index contributed by atoms with van der Waals surface area (Å²) in [6.45, 7) is 0. The van der Waals surface area contributed by atoms with Crippen molar-refractivity contribution in [2.24, 2.45) is 0 Å². The Balaban J connectivity index is 1.78. The van der Waals surface area contributed by atoms with Crippen molar-refractivity contribution in [3.63, 3.8) is 0 Å². The second-order valence-corrected chi connectivity index (χ2v) is 6.89. The number of benzene rings is 1. The van der Waals surface area contributed by atoms with Crippen molar-refractivity contribution in [3.05, 3.63) is 49.1 Å². The van der Waals surface area contributed by atoms with Crippen molar-refractivity contribution in [1.82, 2.24) is 0 Å². The predicted molar refractivity (Wildman–Crippen MR) is 83.4 cm³/mol. The number of hydrogen-bond acceptors (Lipinski definition) is 2. The lowest BCUT2D eigenvalue weighted by Gasteiger charge is -2.05. The fraction of sp³-hybridized carbons (Fsp3) is 0.214. The molecule has 1 aliphatic rings. The standard InChI is InChI=1S/C14H11BrClNOS/c15-10-7-9(4-5-11(10)16)17-14(18)13-6-8-2-1-3-12(8)19-13/h4-7H,1-3H2,(H,17,18). The minimum Gasteiger partial charge on any atom is -0.321 e. The number of anilines is 1. The van der Waals surface area contributed by atoms with Gasteiger partial charge in [-0.25, -0.2) is 0 Å². The monoisotopic (exact) mass is 355 g/mol. The fourth-order valence-corrected chi connectivity index (χ4v) is 3.85. The zero-order valence-corrected chi connectivity index (χ0v) is 13.2. The Morgan fingerprint density at radius 1 is 1.32 bits per heavy atom. The second kappa shape index (κ2) is 5.27. The first kappa shape index (κ1) is 13.2. The van der Waals surface area contributed by atoms with Crippen LogP contribution in [0, 0.1) is 0 Å². The molecule has 0 fully saturated rings. The van der Waals surface area contributed by atoms with E-state index in [0.29, 0.717) is 5.02 Å². The highest BCUT2D eigenvalue weighted by Crippen LogP contribution is 2.31. The number of aryl methyl sites for hydroxylation is 2. The van der Waals surface area contributed by atoms with Crippen molar-refractivity contribution < 1.29 is 4.79 Å². The van der Waals surface area contributed by atoms with Gasteiger partial charge in [-0.2, -0.15) is 0 Å². The van der Waals surface area contributed by atoms with Gasteiger partial charge in [0.05, 0.1) is 9.90 Å². The van der Waals surface area contributed by atoms with E-state index in [4.69, 9.17) is 11.6 Å². The first-order valence-corrected chi connectivity index (χ1v) is 8.00. The molecule has 1 amide bonds. The zero-order valence-electron chi connectivity index (χ0n) is 10.0. The van der Waals surface area contributed by atoms with E-state index in [1.54, 1.807) is 23.5 Å². The Labute approximate surface area is 128 Å². The first-order chi connectivity index (χ1) is 9.13. The molecule has 3 rings (SSSR count). The summed E-state index contributed by atoms with van der Waals surface area (Å²) in [5, 5.41) is 3.53. The molecule has 2 aromatic rings. The molecule has 1 heterocycles. The molecule has 0 saturated heterocycles.